The molecule has 0 fully saturated rings. The van der Waals surface area contributed by atoms with Crippen LogP contribution in [0.4, 0.5) is 0 Å². The monoisotopic (exact) mass is 329 g/mol. The van der Waals surface area contributed by atoms with Crippen LogP contribution in [0.5, 0.6) is 5.75 Å². The zero-order valence-corrected chi connectivity index (χ0v) is 13.3. The minimum Gasteiger partial charge on any atom is -0.508 e. The van der Waals surface area contributed by atoms with E-state index in [1.807, 2.05) is 25.1 Å². The Morgan fingerprint density at radius 2 is 2.17 bits per heavy atom. The molecule has 6 heteroatoms. The van der Waals surface area contributed by atoms with Gasteiger partial charge in [0.2, 0.25) is 0 Å². The Balaban J connectivity index is 1.83. The van der Waals surface area contributed by atoms with Gasteiger partial charge in [-0.05, 0) is 36.8 Å². The molecule has 0 aliphatic rings. The van der Waals surface area contributed by atoms with Crippen molar-refractivity contribution >= 4 is 22.5 Å². The molecular formula is C17H16ClN3O2. The van der Waals surface area contributed by atoms with Crippen molar-refractivity contribution in [1.29, 1.82) is 0 Å². The van der Waals surface area contributed by atoms with E-state index in [9.17, 15) is 9.90 Å². The number of hydrogen-bond acceptors (Lipinski definition) is 4. The van der Waals surface area contributed by atoms with Gasteiger partial charge in [-0.1, -0.05) is 23.7 Å². The van der Waals surface area contributed by atoms with Crippen LogP contribution in [0.3, 0.4) is 0 Å². The first-order valence-electron chi connectivity index (χ1n) is 7.23. The highest BCUT2D eigenvalue weighted by Gasteiger charge is 2.11. The second-order valence-electron chi connectivity index (χ2n) is 5.37. The van der Waals surface area contributed by atoms with E-state index < -0.39 is 0 Å². The molecule has 1 atom stereocenters. The van der Waals surface area contributed by atoms with E-state index in [-0.39, 0.29) is 17.5 Å². The smallest absolute Gasteiger partial charge is 0.345 e. The summed E-state index contributed by atoms with van der Waals surface area (Å²) in [4.78, 5) is 17.8. The molecule has 3 rings (SSSR count). The Labute approximate surface area is 138 Å². The summed E-state index contributed by atoms with van der Waals surface area (Å²) in [6, 6.07) is 10.6. The van der Waals surface area contributed by atoms with Crippen molar-refractivity contribution in [2.45, 2.75) is 19.5 Å². The lowest BCUT2D eigenvalue weighted by atomic mass is 10.1. The standard InChI is InChI=1S/C17H16ClN3O2/c1-10(13-7-12(18)5-6-16(13)22)19-8-11-3-2-4-15-14(11)9-20-17(23)21-15/h2-7,9-10,19,22H,8H2,1H3,(H,20,21,23). The van der Waals surface area contributed by atoms with E-state index in [2.05, 4.69) is 15.3 Å². The van der Waals surface area contributed by atoms with Crippen LogP contribution in [0, 0.1) is 0 Å². The number of phenols is 1. The van der Waals surface area contributed by atoms with E-state index in [1.54, 1.807) is 24.4 Å². The van der Waals surface area contributed by atoms with Gasteiger partial charge in [-0.25, -0.2) is 9.78 Å². The van der Waals surface area contributed by atoms with Crippen LogP contribution < -0.4 is 11.0 Å². The SMILES string of the molecule is CC(NCc1cccc2[nH]c(=O)ncc12)c1cc(Cl)ccc1O. The van der Waals surface area contributed by atoms with E-state index in [0.29, 0.717) is 11.6 Å². The number of halogens is 1. The minimum atomic E-state index is -0.361. The quantitative estimate of drug-likeness (QED) is 0.687. The zero-order valence-electron chi connectivity index (χ0n) is 12.5. The summed E-state index contributed by atoms with van der Waals surface area (Å²) in [6.45, 7) is 2.52. The molecule has 0 bridgehead atoms. The number of H-pyrrole nitrogens is 1. The molecule has 0 saturated carbocycles. The molecule has 1 aromatic heterocycles. The van der Waals surface area contributed by atoms with Gasteiger partial charge in [-0.2, -0.15) is 0 Å². The Morgan fingerprint density at radius 3 is 3.00 bits per heavy atom. The van der Waals surface area contributed by atoms with Crippen molar-refractivity contribution < 1.29 is 5.11 Å². The second-order valence-corrected chi connectivity index (χ2v) is 5.81. The number of phenolic OH excluding ortho intramolecular Hbond substituents is 1. The summed E-state index contributed by atoms with van der Waals surface area (Å²) in [5, 5.41) is 14.8. The molecule has 0 spiro atoms. The molecule has 2 aromatic carbocycles. The van der Waals surface area contributed by atoms with Gasteiger partial charge < -0.3 is 15.4 Å². The molecular weight excluding hydrogens is 314 g/mol. The minimum absolute atomic E-state index is 0.0836. The number of aromatic nitrogens is 2. The fraction of sp³-hybridized carbons (Fsp3) is 0.176. The maximum absolute atomic E-state index is 11.3. The predicted molar refractivity (Wildman–Crippen MR) is 90.7 cm³/mol. The van der Waals surface area contributed by atoms with Crippen molar-refractivity contribution in [2.24, 2.45) is 0 Å². The highest BCUT2D eigenvalue weighted by Crippen LogP contribution is 2.27. The van der Waals surface area contributed by atoms with Crippen LogP contribution in [0.15, 0.2) is 47.4 Å². The van der Waals surface area contributed by atoms with E-state index in [1.165, 1.54) is 0 Å². The fourth-order valence-corrected chi connectivity index (χ4v) is 2.73. The Bertz CT molecular complexity index is 908. The molecule has 118 valence electrons. The summed E-state index contributed by atoms with van der Waals surface area (Å²) in [5.41, 5.74) is 2.14. The van der Waals surface area contributed by atoms with Gasteiger partial charge in [-0.15, -0.1) is 0 Å². The van der Waals surface area contributed by atoms with Crippen LogP contribution in [-0.4, -0.2) is 15.1 Å². The topological polar surface area (TPSA) is 78.0 Å². The molecule has 0 radical (unpaired) electrons. The number of hydrogen-bond donors (Lipinski definition) is 3. The van der Waals surface area contributed by atoms with Crippen LogP contribution in [-0.2, 0) is 6.54 Å². The fourth-order valence-electron chi connectivity index (χ4n) is 2.54. The summed E-state index contributed by atoms with van der Waals surface area (Å²) in [6.07, 6.45) is 1.58. The first kappa shape index (κ1) is 15.5. The third-order valence-electron chi connectivity index (χ3n) is 3.80. The second kappa shape index (κ2) is 6.40. The molecule has 0 aliphatic heterocycles. The highest BCUT2D eigenvalue weighted by atomic mass is 35.5. The Kier molecular flexibility index (Phi) is 4.32. The third kappa shape index (κ3) is 3.36. The summed E-state index contributed by atoms with van der Waals surface area (Å²) in [7, 11) is 0. The number of benzene rings is 2. The highest BCUT2D eigenvalue weighted by molar-refractivity contribution is 6.30. The molecule has 5 nitrogen and oxygen atoms in total. The molecule has 0 saturated heterocycles. The maximum atomic E-state index is 11.3. The van der Waals surface area contributed by atoms with Gasteiger partial charge in [0.05, 0.1) is 5.52 Å². The molecule has 1 heterocycles. The van der Waals surface area contributed by atoms with Crippen molar-refractivity contribution in [3.05, 3.63) is 69.2 Å². The number of fused-ring (bicyclic) bond motifs is 1. The summed E-state index contributed by atoms with van der Waals surface area (Å²) < 4.78 is 0. The van der Waals surface area contributed by atoms with Crippen molar-refractivity contribution in [1.82, 2.24) is 15.3 Å². The van der Waals surface area contributed by atoms with Gasteiger partial charge in [0.15, 0.2) is 0 Å². The van der Waals surface area contributed by atoms with E-state index in [0.717, 1.165) is 22.0 Å². The first-order chi connectivity index (χ1) is 11.0. The lowest BCUT2D eigenvalue weighted by Crippen LogP contribution is -2.19. The summed E-state index contributed by atoms with van der Waals surface area (Å²) >= 11 is 5.99. The Morgan fingerprint density at radius 1 is 1.35 bits per heavy atom. The molecule has 3 N–H and O–H groups in total. The maximum Gasteiger partial charge on any atom is 0.345 e. The normalized spacial score (nSPS) is 12.4. The van der Waals surface area contributed by atoms with Gasteiger partial charge in [-0.3, -0.25) is 0 Å². The number of rotatable bonds is 4. The lowest BCUT2D eigenvalue weighted by molar-refractivity contribution is 0.452. The number of aromatic hydroxyl groups is 1. The molecule has 3 aromatic rings. The van der Waals surface area contributed by atoms with Crippen LogP contribution in [0.25, 0.3) is 10.9 Å². The largest absolute Gasteiger partial charge is 0.508 e. The first-order valence-corrected chi connectivity index (χ1v) is 7.61. The van der Waals surface area contributed by atoms with Crippen molar-refractivity contribution in [2.75, 3.05) is 0 Å². The number of nitrogens with zero attached hydrogens (tertiary/aromatic N) is 1. The van der Waals surface area contributed by atoms with Crippen molar-refractivity contribution in [3.8, 4) is 5.75 Å². The third-order valence-corrected chi connectivity index (χ3v) is 4.04. The Hall–Kier alpha value is -2.37. The van der Waals surface area contributed by atoms with Gasteiger partial charge in [0.1, 0.15) is 5.75 Å². The van der Waals surface area contributed by atoms with E-state index >= 15 is 0 Å². The molecule has 1 unspecified atom stereocenters. The van der Waals surface area contributed by atoms with Gasteiger partial charge in [0, 0.05) is 34.8 Å². The van der Waals surface area contributed by atoms with Crippen LogP contribution >= 0.6 is 11.6 Å². The average Bonchev–Trinajstić information content (AvgIpc) is 2.54. The molecule has 23 heavy (non-hydrogen) atoms. The van der Waals surface area contributed by atoms with Gasteiger partial charge in [0.25, 0.3) is 0 Å². The average molecular weight is 330 g/mol. The zero-order chi connectivity index (χ0) is 16.4. The van der Waals surface area contributed by atoms with E-state index in [4.69, 9.17) is 11.6 Å². The lowest BCUT2D eigenvalue weighted by Gasteiger charge is -2.16. The van der Waals surface area contributed by atoms with Crippen LogP contribution in [0.2, 0.25) is 5.02 Å². The summed E-state index contributed by atoms with van der Waals surface area (Å²) in [5.74, 6) is 0.207. The molecule has 0 amide bonds. The van der Waals surface area contributed by atoms with Crippen LogP contribution in [0.1, 0.15) is 24.1 Å². The number of aromatic amines is 1. The van der Waals surface area contributed by atoms with Gasteiger partial charge >= 0.3 is 5.69 Å². The van der Waals surface area contributed by atoms with Crippen molar-refractivity contribution in [3.63, 3.8) is 0 Å². The predicted octanol–water partition coefficient (Wildman–Crippen LogP) is 3.13. The number of nitrogens with one attached hydrogen (secondary N) is 2. The molecule has 0 aliphatic carbocycles.